The number of anilines is 3. The number of aryl methyl sites for hydroxylation is 2. The van der Waals surface area contributed by atoms with Gasteiger partial charge in [0.05, 0.1) is 20.3 Å². The van der Waals surface area contributed by atoms with Crippen molar-refractivity contribution >= 4 is 23.2 Å². The second-order valence-electron chi connectivity index (χ2n) is 9.08. The zero-order chi connectivity index (χ0) is 26.7. The number of benzene rings is 2. The maximum Gasteiger partial charge on any atom is 0.274 e. The van der Waals surface area contributed by atoms with Crippen LogP contribution in [0.3, 0.4) is 0 Å². The molecule has 0 saturated carbocycles. The van der Waals surface area contributed by atoms with Crippen LogP contribution >= 0.6 is 0 Å². The van der Waals surface area contributed by atoms with Crippen LogP contribution in [0.5, 0.6) is 5.75 Å². The summed E-state index contributed by atoms with van der Waals surface area (Å²) in [6.07, 6.45) is 5.01. The van der Waals surface area contributed by atoms with Gasteiger partial charge in [0.1, 0.15) is 5.75 Å². The predicted octanol–water partition coefficient (Wildman–Crippen LogP) is 2.81. The van der Waals surface area contributed by atoms with Gasteiger partial charge in [-0.1, -0.05) is 6.92 Å². The third kappa shape index (κ3) is 7.64. The van der Waals surface area contributed by atoms with Gasteiger partial charge in [0.15, 0.2) is 0 Å². The van der Waals surface area contributed by atoms with Gasteiger partial charge in [0, 0.05) is 55.5 Å². The van der Waals surface area contributed by atoms with E-state index >= 15 is 0 Å². The number of carbonyl (C=O) groups is 1. The number of hydrogen-bond donors (Lipinski definition) is 3. The van der Waals surface area contributed by atoms with E-state index < -0.39 is 5.91 Å². The number of ether oxygens (including phenoxy) is 1. The third-order valence-electron chi connectivity index (χ3n) is 6.54. The van der Waals surface area contributed by atoms with Crippen LogP contribution in [0.25, 0.3) is 0 Å². The molecule has 0 atom stereocenters. The quantitative estimate of drug-likeness (QED) is 0.245. The summed E-state index contributed by atoms with van der Waals surface area (Å²) in [6.45, 7) is 7.47. The summed E-state index contributed by atoms with van der Waals surface area (Å²) in [6, 6.07) is 13.7. The molecule has 1 aliphatic heterocycles. The average molecular weight is 521 g/mol. The number of carbonyl (C=O) groups excluding carboxylic acids is 1. The number of methoxy groups -OCH3 is 1. The molecule has 0 radical (unpaired) electrons. The first kappa shape index (κ1) is 27.3. The first-order chi connectivity index (χ1) is 18.6. The molecule has 202 valence electrons. The molecule has 38 heavy (non-hydrogen) atoms. The van der Waals surface area contributed by atoms with E-state index in [0.717, 1.165) is 49.5 Å². The standard InChI is InChI=1S/C28H36N6O4/c1-3-33-10-12-34(13-11-33)25-8-6-24(7-9-25)31-28-29-19-22(20-30-28)5-4-21-16-23(18-26(17-21)37-2)27(36)32-38-15-14-35/h6-9,16-20,35H,3-5,10-15H2,1-2H3,(H,32,36)(H,29,30,31). The maximum absolute atomic E-state index is 12.3. The van der Waals surface area contributed by atoms with Gasteiger partial charge < -0.3 is 25.0 Å². The fourth-order valence-corrected chi connectivity index (χ4v) is 4.32. The fourth-order valence-electron chi connectivity index (χ4n) is 4.32. The Balaban J connectivity index is 1.30. The molecule has 2 heterocycles. The van der Waals surface area contributed by atoms with Crippen molar-refractivity contribution in [1.29, 1.82) is 0 Å². The van der Waals surface area contributed by atoms with Crippen LogP contribution in [0.1, 0.15) is 28.4 Å². The molecule has 1 saturated heterocycles. The lowest BCUT2D eigenvalue weighted by atomic mass is 10.0. The topological polar surface area (TPSA) is 112 Å². The summed E-state index contributed by atoms with van der Waals surface area (Å²) in [4.78, 5) is 31.1. The van der Waals surface area contributed by atoms with Crippen molar-refractivity contribution in [2.24, 2.45) is 0 Å². The summed E-state index contributed by atoms with van der Waals surface area (Å²) in [5.41, 5.74) is 6.84. The molecule has 10 heteroatoms. The number of aromatic nitrogens is 2. The second-order valence-corrected chi connectivity index (χ2v) is 9.08. The van der Waals surface area contributed by atoms with Crippen molar-refractivity contribution in [2.75, 3.05) is 63.3 Å². The minimum absolute atomic E-state index is 0.0232. The van der Waals surface area contributed by atoms with Crippen molar-refractivity contribution in [3.8, 4) is 5.75 Å². The number of hydroxylamine groups is 1. The minimum Gasteiger partial charge on any atom is -0.497 e. The van der Waals surface area contributed by atoms with Crippen molar-refractivity contribution in [2.45, 2.75) is 19.8 Å². The highest BCUT2D eigenvalue weighted by molar-refractivity contribution is 5.94. The third-order valence-corrected chi connectivity index (χ3v) is 6.54. The van der Waals surface area contributed by atoms with Gasteiger partial charge >= 0.3 is 0 Å². The Kier molecular flexibility index (Phi) is 9.85. The molecule has 1 fully saturated rings. The molecule has 4 rings (SSSR count). The molecule has 0 spiro atoms. The highest BCUT2D eigenvalue weighted by Crippen LogP contribution is 2.22. The summed E-state index contributed by atoms with van der Waals surface area (Å²) in [7, 11) is 1.56. The smallest absolute Gasteiger partial charge is 0.274 e. The van der Waals surface area contributed by atoms with E-state index in [-0.39, 0.29) is 13.2 Å². The lowest BCUT2D eigenvalue weighted by molar-refractivity contribution is 0.0168. The Morgan fingerprint density at radius 2 is 1.71 bits per heavy atom. The van der Waals surface area contributed by atoms with Gasteiger partial charge in [-0.2, -0.15) is 0 Å². The van der Waals surface area contributed by atoms with E-state index in [2.05, 4.69) is 61.8 Å². The van der Waals surface area contributed by atoms with Crippen molar-refractivity contribution < 1.29 is 19.5 Å². The molecule has 10 nitrogen and oxygen atoms in total. The van der Waals surface area contributed by atoms with Crippen molar-refractivity contribution in [1.82, 2.24) is 20.3 Å². The Morgan fingerprint density at radius 1 is 1.00 bits per heavy atom. The first-order valence-electron chi connectivity index (χ1n) is 12.9. The molecule has 1 amide bonds. The summed E-state index contributed by atoms with van der Waals surface area (Å²) >= 11 is 0. The van der Waals surface area contributed by atoms with Gasteiger partial charge in [-0.25, -0.2) is 15.4 Å². The number of hydrogen-bond acceptors (Lipinski definition) is 9. The first-order valence-corrected chi connectivity index (χ1v) is 12.9. The Bertz CT molecular complexity index is 1160. The monoisotopic (exact) mass is 520 g/mol. The average Bonchev–Trinajstić information content (AvgIpc) is 2.97. The second kappa shape index (κ2) is 13.7. The zero-order valence-corrected chi connectivity index (χ0v) is 22.0. The van der Waals surface area contributed by atoms with Gasteiger partial charge in [0.25, 0.3) is 5.91 Å². The van der Waals surface area contributed by atoms with Crippen LogP contribution in [0.4, 0.5) is 17.3 Å². The molecular weight excluding hydrogens is 484 g/mol. The van der Waals surface area contributed by atoms with E-state index in [1.165, 1.54) is 5.69 Å². The van der Waals surface area contributed by atoms with Crippen LogP contribution < -0.4 is 20.4 Å². The minimum atomic E-state index is -0.399. The summed E-state index contributed by atoms with van der Waals surface area (Å²) in [5, 5.41) is 12.1. The number of nitrogens with one attached hydrogen (secondary N) is 2. The molecular formula is C28H36N6O4. The lowest BCUT2D eigenvalue weighted by Crippen LogP contribution is -2.46. The molecule has 0 unspecified atom stereocenters. The van der Waals surface area contributed by atoms with Gasteiger partial charge in [0.2, 0.25) is 5.95 Å². The van der Waals surface area contributed by atoms with Crippen LogP contribution in [0.15, 0.2) is 54.9 Å². The lowest BCUT2D eigenvalue weighted by Gasteiger charge is -2.35. The van der Waals surface area contributed by atoms with Crippen molar-refractivity contribution in [3.05, 3.63) is 71.5 Å². The van der Waals surface area contributed by atoms with Crippen molar-refractivity contribution in [3.63, 3.8) is 0 Å². The van der Waals surface area contributed by atoms with E-state index in [1.807, 2.05) is 18.5 Å². The molecule has 3 N–H and O–H groups in total. The van der Waals surface area contributed by atoms with Crippen LogP contribution in [0, 0.1) is 0 Å². The number of nitrogens with zero attached hydrogens (tertiary/aromatic N) is 4. The van der Waals surface area contributed by atoms with E-state index in [9.17, 15) is 4.79 Å². The molecule has 0 bridgehead atoms. The number of aliphatic hydroxyl groups excluding tert-OH is 1. The highest BCUT2D eigenvalue weighted by Gasteiger charge is 2.15. The Labute approximate surface area is 223 Å². The Morgan fingerprint density at radius 3 is 2.37 bits per heavy atom. The highest BCUT2D eigenvalue weighted by atomic mass is 16.7. The Hall–Kier alpha value is -3.73. The largest absolute Gasteiger partial charge is 0.497 e. The van der Waals surface area contributed by atoms with Crippen LogP contribution in [0.2, 0.25) is 0 Å². The number of amides is 1. The zero-order valence-electron chi connectivity index (χ0n) is 22.0. The predicted molar refractivity (Wildman–Crippen MR) is 147 cm³/mol. The molecule has 3 aromatic rings. The molecule has 2 aromatic carbocycles. The fraction of sp³-hybridized carbons (Fsp3) is 0.393. The number of aliphatic hydroxyl groups is 1. The normalized spacial score (nSPS) is 13.8. The van der Waals surface area contributed by atoms with Gasteiger partial charge in [-0.15, -0.1) is 0 Å². The van der Waals surface area contributed by atoms with Crippen LogP contribution in [-0.2, 0) is 17.7 Å². The molecule has 1 aliphatic rings. The van der Waals surface area contributed by atoms with Gasteiger partial charge in [-0.3, -0.25) is 9.63 Å². The maximum atomic E-state index is 12.3. The van der Waals surface area contributed by atoms with E-state index in [0.29, 0.717) is 30.1 Å². The number of rotatable bonds is 12. The van der Waals surface area contributed by atoms with E-state index in [4.69, 9.17) is 14.7 Å². The van der Waals surface area contributed by atoms with Crippen LogP contribution in [-0.4, -0.2) is 78.9 Å². The number of piperazine rings is 1. The van der Waals surface area contributed by atoms with E-state index in [1.54, 1.807) is 19.2 Å². The van der Waals surface area contributed by atoms with Gasteiger partial charge in [-0.05, 0) is 73.0 Å². The molecule has 1 aromatic heterocycles. The summed E-state index contributed by atoms with van der Waals surface area (Å²) < 4.78 is 5.35. The molecule has 0 aliphatic carbocycles. The number of likely N-dealkylation sites (N-methyl/N-ethyl adjacent to an activating group) is 1. The summed E-state index contributed by atoms with van der Waals surface area (Å²) in [5.74, 6) is 0.727. The SMILES string of the molecule is CCN1CCN(c2ccc(Nc3ncc(CCc4cc(OC)cc(C(=O)NOCCO)c4)cn3)cc2)CC1.